The molecule has 0 saturated heterocycles. The highest BCUT2D eigenvalue weighted by Gasteiger charge is 2.15. The summed E-state index contributed by atoms with van der Waals surface area (Å²) in [4.78, 5) is 22.4. The van der Waals surface area contributed by atoms with Crippen LogP contribution in [0.4, 0.5) is 4.39 Å². The standard InChI is InChI=1S/C19H22FN7O3/c1-11(10-28)9-27-25-18(24-26-27)15-7-16(23-12(2)22-15)19(29)21-8-13-4-5-14(20)17(6-13)30-3/h4-7,11,28H,8-10H2,1-3H3,(H,21,29). The van der Waals surface area contributed by atoms with E-state index in [0.717, 1.165) is 0 Å². The zero-order valence-electron chi connectivity index (χ0n) is 16.8. The third-order valence-electron chi connectivity index (χ3n) is 4.21. The van der Waals surface area contributed by atoms with Crippen LogP contribution in [0.1, 0.15) is 28.8 Å². The van der Waals surface area contributed by atoms with Gasteiger partial charge in [0.1, 0.15) is 17.2 Å². The van der Waals surface area contributed by atoms with Crippen molar-refractivity contribution in [2.45, 2.75) is 26.9 Å². The molecular formula is C19H22FN7O3. The van der Waals surface area contributed by atoms with Gasteiger partial charge in [-0.3, -0.25) is 4.79 Å². The Kier molecular flexibility index (Phi) is 6.62. The number of nitrogens with zero attached hydrogens (tertiary/aromatic N) is 6. The van der Waals surface area contributed by atoms with Crippen molar-refractivity contribution in [3.63, 3.8) is 0 Å². The molecule has 3 rings (SSSR count). The second kappa shape index (κ2) is 9.35. The molecule has 10 nitrogen and oxygen atoms in total. The normalized spacial score (nSPS) is 11.9. The van der Waals surface area contributed by atoms with Crippen LogP contribution >= 0.6 is 0 Å². The molecule has 2 aromatic heterocycles. The predicted octanol–water partition coefficient (Wildman–Crippen LogP) is 1.14. The molecule has 1 unspecified atom stereocenters. The molecule has 0 fully saturated rings. The van der Waals surface area contributed by atoms with Crippen LogP contribution < -0.4 is 10.1 Å². The van der Waals surface area contributed by atoms with Gasteiger partial charge >= 0.3 is 0 Å². The maximum Gasteiger partial charge on any atom is 0.270 e. The quantitative estimate of drug-likeness (QED) is 0.561. The summed E-state index contributed by atoms with van der Waals surface area (Å²) in [5, 5.41) is 24.0. The molecule has 158 valence electrons. The molecule has 0 bridgehead atoms. The minimum absolute atomic E-state index is 0.00768. The Morgan fingerprint density at radius 1 is 1.33 bits per heavy atom. The lowest BCUT2D eigenvalue weighted by Gasteiger charge is -2.08. The van der Waals surface area contributed by atoms with Gasteiger partial charge in [0, 0.05) is 19.1 Å². The number of carbonyl (C=O) groups excluding carboxylic acids is 1. The Morgan fingerprint density at radius 2 is 2.13 bits per heavy atom. The number of benzene rings is 1. The lowest BCUT2D eigenvalue weighted by molar-refractivity contribution is 0.0945. The van der Waals surface area contributed by atoms with E-state index in [1.165, 1.54) is 30.1 Å². The summed E-state index contributed by atoms with van der Waals surface area (Å²) in [7, 11) is 1.38. The van der Waals surface area contributed by atoms with E-state index in [2.05, 4.69) is 30.7 Å². The Morgan fingerprint density at radius 3 is 2.87 bits per heavy atom. The fraction of sp³-hybridized carbons (Fsp3) is 0.368. The molecule has 0 radical (unpaired) electrons. The number of carbonyl (C=O) groups is 1. The second-order valence-corrected chi connectivity index (χ2v) is 6.79. The van der Waals surface area contributed by atoms with E-state index in [-0.39, 0.29) is 36.3 Å². The van der Waals surface area contributed by atoms with Gasteiger partial charge in [0.25, 0.3) is 5.91 Å². The Labute approximate surface area is 172 Å². The number of hydrogen-bond acceptors (Lipinski definition) is 8. The molecule has 1 atom stereocenters. The highest BCUT2D eigenvalue weighted by atomic mass is 19.1. The van der Waals surface area contributed by atoms with E-state index >= 15 is 0 Å². The number of tetrazole rings is 1. The van der Waals surface area contributed by atoms with Gasteiger partial charge in [-0.05, 0) is 35.9 Å². The first-order valence-corrected chi connectivity index (χ1v) is 9.25. The van der Waals surface area contributed by atoms with Crippen LogP contribution in [0.5, 0.6) is 5.75 Å². The van der Waals surface area contributed by atoms with E-state index < -0.39 is 11.7 Å². The number of methoxy groups -OCH3 is 1. The number of halogens is 1. The number of aliphatic hydroxyl groups excluding tert-OH is 1. The molecule has 0 aliphatic heterocycles. The van der Waals surface area contributed by atoms with Gasteiger partial charge in [0.15, 0.2) is 11.6 Å². The lowest BCUT2D eigenvalue weighted by atomic mass is 10.2. The van der Waals surface area contributed by atoms with Gasteiger partial charge in [-0.15, -0.1) is 10.2 Å². The van der Waals surface area contributed by atoms with Crippen molar-refractivity contribution in [3.8, 4) is 17.3 Å². The zero-order valence-corrected chi connectivity index (χ0v) is 16.8. The Balaban J connectivity index is 1.74. The summed E-state index contributed by atoms with van der Waals surface area (Å²) in [6.07, 6.45) is 0. The molecule has 30 heavy (non-hydrogen) atoms. The summed E-state index contributed by atoms with van der Waals surface area (Å²) in [5.41, 5.74) is 1.18. The molecule has 0 aliphatic carbocycles. The van der Waals surface area contributed by atoms with Crippen LogP contribution in [0.2, 0.25) is 0 Å². The van der Waals surface area contributed by atoms with Crippen molar-refractivity contribution >= 4 is 5.91 Å². The summed E-state index contributed by atoms with van der Waals surface area (Å²) in [6, 6.07) is 5.83. The van der Waals surface area contributed by atoms with Crippen molar-refractivity contribution < 1.29 is 19.0 Å². The number of ether oxygens (including phenoxy) is 1. The molecule has 2 N–H and O–H groups in total. The maximum atomic E-state index is 13.5. The van der Waals surface area contributed by atoms with Gasteiger partial charge in [-0.2, -0.15) is 4.80 Å². The molecule has 0 aliphatic rings. The van der Waals surface area contributed by atoms with E-state index in [1.807, 2.05) is 6.92 Å². The average Bonchev–Trinajstić information content (AvgIpc) is 3.20. The SMILES string of the molecule is COc1cc(CNC(=O)c2cc(-c3nnn(CC(C)CO)n3)nc(C)n2)ccc1F. The fourth-order valence-corrected chi connectivity index (χ4v) is 2.65. The largest absolute Gasteiger partial charge is 0.494 e. The topological polar surface area (TPSA) is 128 Å². The van der Waals surface area contributed by atoms with Gasteiger partial charge in [0.05, 0.1) is 13.7 Å². The third kappa shape index (κ3) is 5.11. The van der Waals surface area contributed by atoms with E-state index in [9.17, 15) is 9.18 Å². The second-order valence-electron chi connectivity index (χ2n) is 6.79. The molecule has 3 aromatic rings. The molecule has 2 heterocycles. The minimum Gasteiger partial charge on any atom is -0.494 e. The lowest BCUT2D eigenvalue weighted by Crippen LogP contribution is -2.24. The van der Waals surface area contributed by atoms with Crippen molar-refractivity contribution in [2.24, 2.45) is 5.92 Å². The Bertz CT molecular complexity index is 1040. The monoisotopic (exact) mass is 415 g/mol. The van der Waals surface area contributed by atoms with Crippen molar-refractivity contribution in [3.05, 3.63) is 47.2 Å². The number of aliphatic hydroxyl groups is 1. The van der Waals surface area contributed by atoms with Crippen LogP contribution in [0, 0.1) is 18.7 Å². The number of nitrogens with one attached hydrogen (secondary N) is 1. The van der Waals surface area contributed by atoms with Crippen LogP contribution in [-0.2, 0) is 13.1 Å². The van der Waals surface area contributed by atoms with Gasteiger partial charge < -0.3 is 15.2 Å². The number of aromatic nitrogens is 6. The van der Waals surface area contributed by atoms with Crippen LogP contribution in [0.3, 0.4) is 0 Å². The number of rotatable bonds is 8. The van der Waals surface area contributed by atoms with Crippen molar-refractivity contribution in [2.75, 3.05) is 13.7 Å². The predicted molar refractivity (Wildman–Crippen MR) is 104 cm³/mol. The molecule has 0 saturated carbocycles. The van der Waals surface area contributed by atoms with E-state index in [4.69, 9.17) is 9.84 Å². The highest BCUT2D eigenvalue weighted by Crippen LogP contribution is 2.18. The summed E-state index contributed by atoms with van der Waals surface area (Å²) >= 11 is 0. The first-order chi connectivity index (χ1) is 14.4. The first kappa shape index (κ1) is 21.2. The Hall–Kier alpha value is -3.47. The highest BCUT2D eigenvalue weighted by molar-refractivity contribution is 5.93. The zero-order chi connectivity index (χ0) is 21.7. The number of amides is 1. The van der Waals surface area contributed by atoms with Crippen LogP contribution in [0.25, 0.3) is 11.5 Å². The molecule has 11 heteroatoms. The molecule has 1 aromatic carbocycles. The smallest absolute Gasteiger partial charge is 0.270 e. The van der Waals surface area contributed by atoms with Gasteiger partial charge in [-0.25, -0.2) is 14.4 Å². The summed E-state index contributed by atoms with van der Waals surface area (Å²) in [5.74, 6) is -0.190. The number of hydrogen-bond donors (Lipinski definition) is 2. The van der Waals surface area contributed by atoms with Gasteiger partial charge in [-0.1, -0.05) is 13.0 Å². The van der Waals surface area contributed by atoms with E-state index in [1.54, 1.807) is 13.0 Å². The fourth-order valence-electron chi connectivity index (χ4n) is 2.65. The summed E-state index contributed by atoms with van der Waals surface area (Å²) in [6.45, 7) is 4.09. The minimum atomic E-state index is -0.474. The van der Waals surface area contributed by atoms with E-state index in [0.29, 0.717) is 23.6 Å². The van der Waals surface area contributed by atoms with Crippen LogP contribution in [0.15, 0.2) is 24.3 Å². The van der Waals surface area contributed by atoms with Crippen LogP contribution in [-0.4, -0.2) is 54.9 Å². The summed E-state index contributed by atoms with van der Waals surface area (Å²) < 4.78 is 18.5. The van der Waals surface area contributed by atoms with Crippen molar-refractivity contribution in [1.82, 2.24) is 35.5 Å². The first-order valence-electron chi connectivity index (χ1n) is 9.25. The van der Waals surface area contributed by atoms with Crippen molar-refractivity contribution in [1.29, 1.82) is 0 Å². The third-order valence-corrected chi connectivity index (χ3v) is 4.21. The average molecular weight is 415 g/mol. The molecular weight excluding hydrogens is 393 g/mol. The van der Waals surface area contributed by atoms with Gasteiger partial charge in [0.2, 0.25) is 5.82 Å². The maximum absolute atomic E-state index is 13.5. The molecule has 0 spiro atoms. The molecule has 1 amide bonds. The number of aryl methyl sites for hydroxylation is 1.